The maximum absolute atomic E-state index is 12.9. The molecule has 3 rings (SSSR count). The van der Waals surface area contributed by atoms with Crippen molar-refractivity contribution in [3.8, 4) is 11.8 Å². The van der Waals surface area contributed by atoms with Gasteiger partial charge in [-0.2, -0.15) is 5.26 Å². The van der Waals surface area contributed by atoms with Gasteiger partial charge < -0.3 is 14.6 Å². The zero-order valence-electron chi connectivity index (χ0n) is 15.3. The first-order valence-electron chi connectivity index (χ1n) is 8.48. The van der Waals surface area contributed by atoms with E-state index in [0.29, 0.717) is 22.1 Å². The Balaban J connectivity index is 1.69. The number of benzene rings is 2. The molecule has 0 aliphatic rings. The Morgan fingerprint density at radius 2 is 2.07 bits per heavy atom. The van der Waals surface area contributed by atoms with Crippen molar-refractivity contribution in [1.29, 1.82) is 5.26 Å². The minimum Gasteiger partial charge on any atom is -0.487 e. The van der Waals surface area contributed by atoms with E-state index in [9.17, 15) is 14.4 Å². The molecule has 1 heterocycles. The largest absolute Gasteiger partial charge is 0.487 e. The molecule has 6 nitrogen and oxygen atoms in total. The lowest BCUT2D eigenvalue weighted by Gasteiger charge is -2.09. The third kappa shape index (κ3) is 5.43. The van der Waals surface area contributed by atoms with Gasteiger partial charge in [-0.1, -0.05) is 35.0 Å². The molecule has 0 saturated heterocycles. The normalized spacial score (nSPS) is 11.0. The number of anilines is 1. The number of amides is 1. The van der Waals surface area contributed by atoms with E-state index in [4.69, 9.17) is 20.9 Å². The van der Waals surface area contributed by atoms with Crippen molar-refractivity contribution in [3.05, 3.63) is 81.8 Å². The molecule has 1 amide bonds. The number of nitrogens with zero attached hydrogens (tertiary/aromatic N) is 2. The zero-order valence-corrected chi connectivity index (χ0v) is 16.0. The molecule has 0 unspecified atom stereocenters. The number of hydrogen-bond acceptors (Lipinski definition) is 5. The summed E-state index contributed by atoms with van der Waals surface area (Å²) < 4.78 is 23.5. The monoisotopic (exact) mass is 411 g/mol. The number of carbonyl (C=O) groups is 1. The van der Waals surface area contributed by atoms with E-state index in [-0.39, 0.29) is 23.8 Å². The maximum Gasteiger partial charge on any atom is 0.267 e. The van der Waals surface area contributed by atoms with Gasteiger partial charge in [0.1, 0.15) is 35.6 Å². The van der Waals surface area contributed by atoms with Crippen LogP contribution in [0.3, 0.4) is 0 Å². The van der Waals surface area contributed by atoms with Crippen molar-refractivity contribution in [2.75, 3.05) is 5.32 Å². The van der Waals surface area contributed by atoms with Gasteiger partial charge in [-0.3, -0.25) is 4.79 Å². The van der Waals surface area contributed by atoms with E-state index in [1.54, 1.807) is 37.3 Å². The highest BCUT2D eigenvalue weighted by Crippen LogP contribution is 2.27. The lowest BCUT2D eigenvalue weighted by atomic mass is 10.1. The van der Waals surface area contributed by atoms with Gasteiger partial charge in [0.05, 0.1) is 5.02 Å². The van der Waals surface area contributed by atoms with Gasteiger partial charge in [-0.25, -0.2) is 4.39 Å². The summed E-state index contributed by atoms with van der Waals surface area (Å²) >= 11 is 6.24. The number of halogens is 2. The SMILES string of the molecule is Cc1cc(NC(=O)C(C#N)=Cc2ccc(OCc3ccc(F)cc3)c(Cl)c2)no1. The smallest absolute Gasteiger partial charge is 0.267 e. The third-order valence-electron chi connectivity index (χ3n) is 3.81. The number of nitriles is 1. The van der Waals surface area contributed by atoms with Gasteiger partial charge in [0, 0.05) is 6.07 Å². The van der Waals surface area contributed by atoms with Crippen LogP contribution in [0.25, 0.3) is 6.08 Å². The van der Waals surface area contributed by atoms with Crippen LogP contribution in [0.1, 0.15) is 16.9 Å². The van der Waals surface area contributed by atoms with E-state index in [1.165, 1.54) is 24.3 Å². The van der Waals surface area contributed by atoms with Crippen molar-refractivity contribution < 1.29 is 18.4 Å². The Morgan fingerprint density at radius 3 is 2.69 bits per heavy atom. The first kappa shape index (κ1) is 20.1. The van der Waals surface area contributed by atoms with E-state index in [2.05, 4.69) is 10.5 Å². The van der Waals surface area contributed by atoms with Crippen LogP contribution in [0.2, 0.25) is 5.02 Å². The number of ether oxygens (including phenoxy) is 1. The molecule has 0 fully saturated rings. The van der Waals surface area contributed by atoms with Gasteiger partial charge in [-0.15, -0.1) is 0 Å². The molecule has 0 atom stereocenters. The van der Waals surface area contributed by atoms with Crippen LogP contribution in [0.4, 0.5) is 10.2 Å². The number of carbonyl (C=O) groups excluding carboxylic acids is 1. The average Bonchev–Trinajstić information content (AvgIpc) is 3.11. The van der Waals surface area contributed by atoms with Crippen LogP contribution in [0, 0.1) is 24.1 Å². The van der Waals surface area contributed by atoms with Gasteiger partial charge in [0.15, 0.2) is 5.82 Å². The first-order chi connectivity index (χ1) is 13.9. The minimum absolute atomic E-state index is 0.123. The summed E-state index contributed by atoms with van der Waals surface area (Å²) in [6, 6.07) is 14.2. The van der Waals surface area contributed by atoms with Crippen molar-refractivity contribution in [2.24, 2.45) is 0 Å². The lowest BCUT2D eigenvalue weighted by Crippen LogP contribution is -2.13. The average molecular weight is 412 g/mol. The molecule has 2 aromatic carbocycles. The van der Waals surface area contributed by atoms with Crippen molar-refractivity contribution in [1.82, 2.24) is 5.16 Å². The highest BCUT2D eigenvalue weighted by molar-refractivity contribution is 6.32. The summed E-state index contributed by atoms with van der Waals surface area (Å²) in [5.74, 6) is 0.240. The number of hydrogen-bond donors (Lipinski definition) is 1. The van der Waals surface area contributed by atoms with Crippen LogP contribution < -0.4 is 10.1 Å². The van der Waals surface area contributed by atoms with E-state index >= 15 is 0 Å². The zero-order chi connectivity index (χ0) is 20.8. The Hall–Kier alpha value is -3.63. The molecular formula is C21H15ClFN3O3. The third-order valence-corrected chi connectivity index (χ3v) is 4.10. The first-order valence-corrected chi connectivity index (χ1v) is 8.85. The van der Waals surface area contributed by atoms with Gasteiger partial charge >= 0.3 is 0 Å². The maximum atomic E-state index is 12.9. The molecule has 29 heavy (non-hydrogen) atoms. The standard InChI is InChI=1S/C21H15ClFN3O3/c1-13-8-20(26-29-13)25-21(27)16(11-24)9-15-4-7-19(18(22)10-15)28-12-14-2-5-17(23)6-3-14/h2-10H,12H2,1H3,(H,25,26,27). The molecule has 3 aromatic rings. The van der Waals surface area contributed by atoms with Crippen LogP contribution in [-0.2, 0) is 11.4 Å². The highest BCUT2D eigenvalue weighted by Gasteiger charge is 2.12. The van der Waals surface area contributed by atoms with Crippen LogP contribution in [0.15, 0.2) is 58.6 Å². The fourth-order valence-corrected chi connectivity index (χ4v) is 2.63. The summed E-state index contributed by atoms with van der Waals surface area (Å²) in [4.78, 5) is 12.2. The number of aromatic nitrogens is 1. The van der Waals surface area contributed by atoms with Gasteiger partial charge in [-0.05, 0) is 48.4 Å². The molecule has 0 saturated carbocycles. The number of aryl methyl sites for hydroxylation is 1. The Bertz CT molecular complexity index is 1100. The van der Waals surface area contributed by atoms with E-state index in [1.807, 2.05) is 6.07 Å². The number of rotatable bonds is 6. The summed E-state index contributed by atoms with van der Waals surface area (Å²) in [6.07, 6.45) is 1.40. The summed E-state index contributed by atoms with van der Waals surface area (Å²) in [7, 11) is 0. The second-order valence-electron chi connectivity index (χ2n) is 6.05. The Labute approximate surface area is 171 Å². The molecule has 1 aromatic heterocycles. The highest BCUT2D eigenvalue weighted by atomic mass is 35.5. The van der Waals surface area contributed by atoms with Crippen LogP contribution in [0.5, 0.6) is 5.75 Å². The molecule has 0 aliphatic carbocycles. The second kappa shape index (κ2) is 9.04. The summed E-state index contributed by atoms with van der Waals surface area (Å²) in [5.41, 5.74) is 1.21. The lowest BCUT2D eigenvalue weighted by molar-refractivity contribution is -0.112. The molecule has 0 spiro atoms. The fourth-order valence-electron chi connectivity index (χ4n) is 2.39. The topological polar surface area (TPSA) is 88.2 Å². The van der Waals surface area contributed by atoms with Crippen molar-refractivity contribution in [3.63, 3.8) is 0 Å². The van der Waals surface area contributed by atoms with Crippen LogP contribution in [-0.4, -0.2) is 11.1 Å². The Kier molecular flexibility index (Phi) is 6.27. The molecule has 146 valence electrons. The van der Waals surface area contributed by atoms with Crippen LogP contribution >= 0.6 is 11.6 Å². The van der Waals surface area contributed by atoms with Gasteiger partial charge in [0.2, 0.25) is 0 Å². The number of nitrogens with one attached hydrogen (secondary N) is 1. The minimum atomic E-state index is -0.617. The Morgan fingerprint density at radius 1 is 1.31 bits per heavy atom. The molecule has 1 N–H and O–H groups in total. The predicted molar refractivity (Wildman–Crippen MR) is 106 cm³/mol. The molecule has 8 heteroatoms. The molecule has 0 aliphatic heterocycles. The van der Waals surface area contributed by atoms with E-state index in [0.717, 1.165) is 5.56 Å². The fraction of sp³-hybridized carbons (Fsp3) is 0.0952. The molecule has 0 radical (unpaired) electrons. The van der Waals surface area contributed by atoms with E-state index < -0.39 is 5.91 Å². The van der Waals surface area contributed by atoms with Crippen molar-refractivity contribution >= 4 is 29.4 Å². The molecular weight excluding hydrogens is 397 g/mol. The van der Waals surface area contributed by atoms with Gasteiger partial charge in [0.25, 0.3) is 5.91 Å². The van der Waals surface area contributed by atoms with Crippen molar-refractivity contribution in [2.45, 2.75) is 13.5 Å². The summed E-state index contributed by atoms with van der Waals surface area (Å²) in [6.45, 7) is 1.91. The molecule has 0 bridgehead atoms. The summed E-state index contributed by atoms with van der Waals surface area (Å²) in [5, 5.41) is 15.7. The second-order valence-corrected chi connectivity index (χ2v) is 6.46. The quantitative estimate of drug-likeness (QED) is 0.460. The predicted octanol–water partition coefficient (Wildman–Crippen LogP) is 4.90.